The Labute approximate surface area is 237 Å². The van der Waals surface area contributed by atoms with Crippen LogP contribution in [0.2, 0.25) is 0 Å². The van der Waals surface area contributed by atoms with Gasteiger partial charge in [-0.3, -0.25) is 9.59 Å². The molecule has 0 aromatic rings. The fraction of sp³-hybridized carbons (Fsp3) is 0.852. The zero-order chi connectivity index (χ0) is 28.6. The van der Waals surface area contributed by atoms with Gasteiger partial charge in [-0.15, -0.1) is 0 Å². The number of nitrogens with zero attached hydrogens (tertiary/aromatic N) is 1. The molecule has 0 aliphatic heterocycles. The monoisotopic (exact) mass is 577 g/mol. The van der Waals surface area contributed by atoms with Crippen LogP contribution in [0.1, 0.15) is 103 Å². The lowest BCUT2D eigenvalue weighted by molar-refractivity contribution is -0.141. The Kier molecular flexibility index (Phi) is 23.6. The Morgan fingerprint density at radius 1 is 0.632 bits per heavy atom. The molecule has 0 saturated carbocycles. The molecule has 0 bridgehead atoms. The van der Waals surface area contributed by atoms with E-state index in [1.165, 1.54) is 53.7 Å². The van der Waals surface area contributed by atoms with Gasteiger partial charge in [0.15, 0.2) is 0 Å². The van der Waals surface area contributed by atoms with Gasteiger partial charge in [0.05, 0.1) is 0 Å². The molecule has 4 N–H and O–H groups in total. The minimum Gasteiger partial charge on any atom is -0.480 e. The van der Waals surface area contributed by atoms with Gasteiger partial charge in [0.2, 0.25) is 11.8 Å². The van der Waals surface area contributed by atoms with E-state index in [1.54, 1.807) is 0 Å². The molecule has 0 saturated heterocycles. The van der Waals surface area contributed by atoms with Crippen molar-refractivity contribution in [1.82, 2.24) is 15.5 Å². The zero-order valence-corrected chi connectivity index (χ0v) is 25.3. The number of amides is 2. The molecule has 222 valence electrons. The average molecular weight is 578 g/mol. The second-order valence-electron chi connectivity index (χ2n) is 10.0. The lowest BCUT2D eigenvalue weighted by atomic mass is 10.1. The predicted molar refractivity (Wildman–Crippen MR) is 158 cm³/mol. The summed E-state index contributed by atoms with van der Waals surface area (Å²) in [6.07, 6.45) is 14.4. The topological polar surface area (TPSA) is 136 Å². The molecule has 0 radical (unpaired) electrons. The number of unbranched alkanes of at least 4 members (excludes halogenated alkanes) is 11. The van der Waals surface area contributed by atoms with E-state index in [0.717, 1.165) is 57.9 Å². The summed E-state index contributed by atoms with van der Waals surface area (Å²) < 4.78 is 0. The zero-order valence-electron chi connectivity index (χ0n) is 23.7. The number of aliphatic carboxylic acids is 2. The van der Waals surface area contributed by atoms with E-state index >= 15 is 0 Å². The molecular formula is C27H51N3O6S2. The van der Waals surface area contributed by atoms with E-state index in [2.05, 4.69) is 36.6 Å². The molecule has 0 fully saturated rings. The number of hydrogen-bond acceptors (Lipinski definition) is 7. The Morgan fingerprint density at radius 3 is 1.37 bits per heavy atom. The summed E-state index contributed by atoms with van der Waals surface area (Å²) in [5, 5.41) is 24.0. The van der Waals surface area contributed by atoms with Gasteiger partial charge in [-0.2, -0.15) is 0 Å². The molecule has 0 aromatic heterocycles. The fourth-order valence-corrected chi connectivity index (χ4v) is 6.09. The van der Waals surface area contributed by atoms with Gasteiger partial charge < -0.3 is 25.7 Å². The molecular weight excluding hydrogens is 526 g/mol. The van der Waals surface area contributed by atoms with Gasteiger partial charge in [-0.25, -0.2) is 9.59 Å². The number of carboxylic acids is 2. The largest absolute Gasteiger partial charge is 0.480 e. The number of carbonyl (C=O) groups excluding carboxylic acids is 2. The lowest BCUT2D eigenvalue weighted by Gasteiger charge is -2.16. The van der Waals surface area contributed by atoms with Crippen LogP contribution in [0.3, 0.4) is 0 Å². The highest BCUT2D eigenvalue weighted by atomic mass is 33.1. The van der Waals surface area contributed by atoms with Gasteiger partial charge in [0.25, 0.3) is 0 Å². The van der Waals surface area contributed by atoms with Gasteiger partial charge in [0.1, 0.15) is 12.1 Å². The third-order valence-corrected chi connectivity index (χ3v) is 8.51. The van der Waals surface area contributed by atoms with Crippen molar-refractivity contribution < 1.29 is 29.4 Å². The van der Waals surface area contributed by atoms with Crippen molar-refractivity contribution in [1.29, 1.82) is 0 Å². The van der Waals surface area contributed by atoms with Crippen LogP contribution in [-0.4, -0.2) is 83.1 Å². The molecule has 0 aliphatic carbocycles. The van der Waals surface area contributed by atoms with Crippen LogP contribution >= 0.6 is 21.6 Å². The first kappa shape index (κ1) is 36.5. The molecule has 9 nitrogen and oxygen atoms in total. The number of rotatable bonds is 26. The fourth-order valence-electron chi connectivity index (χ4n) is 3.78. The second kappa shape index (κ2) is 24.6. The standard InChI is InChI=1S/C27H51N3O6S2/c1-4-5-6-7-8-11-14-17-24(31)28-22(26(33)34)20-37-38-21-23(27(35)36)29-25(32)18-15-12-9-10-13-16-19-30(2)3/h22-23H,4-21H2,1-3H3,(H,28,31)(H,29,32)(H,33,34)(H,35,36). The van der Waals surface area contributed by atoms with E-state index < -0.39 is 24.0 Å². The van der Waals surface area contributed by atoms with Crippen LogP contribution < -0.4 is 10.6 Å². The summed E-state index contributed by atoms with van der Waals surface area (Å²) in [4.78, 5) is 49.5. The Balaban J connectivity index is 4.12. The average Bonchev–Trinajstić information content (AvgIpc) is 2.85. The van der Waals surface area contributed by atoms with E-state index in [9.17, 15) is 29.4 Å². The van der Waals surface area contributed by atoms with E-state index in [0.29, 0.717) is 12.8 Å². The van der Waals surface area contributed by atoms with E-state index in [4.69, 9.17) is 0 Å². The number of nitrogens with one attached hydrogen (secondary N) is 2. The molecule has 0 aliphatic rings. The van der Waals surface area contributed by atoms with Crippen molar-refractivity contribution in [2.75, 3.05) is 32.1 Å². The van der Waals surface area contributed by atoms with Crippen LogP contribution in [0.25, 0.3) is 0 Å². The van der Waals surface area contributed by atoms with Gasteiger partial charge >= 0.3 is 11.9 Å². The van der Waals surface area contributed by atoms with E-state index in [-0.39, 0.29) is 23.3 Å². The van der Waals surface area contributed by atoms with Crippen molar-refractivity contribution in [2.45, 2.75) is 115 Å². The third kappa shape index (κ3) is 22.5. The van der Waals surface area contributed by atoms with Crippen molar-refractivity contribution >= 4 is 45.3 Å². The minimum absolute atomic E-state index is 0.107. The first-order chi connectivity index (χ1) is 18.2. The third-order valence-electron chi connectivity index (χ3n) is 6.09. The molecule has 38 heavy (non-hydrogen) atoms. The predicted octanol–water partition coefficient (Wildman–Crippen LogP) is 4.94. The highest BCUT2D eigenvalue weighted by molar-refractivity contribution is 8.76. The molecule has 0 rings (SSSR count). The quantitative estimate of drug-likeness (QED) is 0.0832. The summed E-state index contributed by atoms with van der Waals surface area (Å²) >= 11 is 0. The molecule has 11 heteroatoms. The maximum atomic E-state index is 12.2. The van der Waals surface area contributed by atoms with Crippen LogP contribution in [0.15, 0.2) is 0 Å². The highest BCUT2D eigenvalue weighted by Gasteiger charge is 2.23. The summed E-state index contributed by atoms with van der Waals surface area (Å²) in [6.45, 7) is 3.25. The van der Waals surface area contributed by atoms with Crippen molar-refractivity contribution in [2.24, 2.45) is 0 Å². The molecule has 2 amide bonds. The molecule has 0 heterocycles. The first-order valence-corrected chi connectivity index (χ1v) is 16.6. The molecule has 0 aromatic carbocycles. The number of carbonyl (C=O) groups is 4. The van der Waals surface area contributed by atoms with Gasteiger partial charge in [-0.05, 0) is 39.9 Å². The van der Waals surface area contributed by atoms with Crippen molar-refractivity contribution in [3.63, 3.8) is 0 Å². The normalized spacial score (nSPS) is 12.7. The Bertz CT molecular complexity index is 667. The van der Waals surface area contributed by atoms with Crippen molar-refractivity contribution in [3.8, 4) is 0 Å². The van der Waals surface area contributed by atoms with E-state index in [1.807, 2.05) is 0 Å². The SMILES string of the molecule is CCCCCCCCCC(=O)NC(CSSCC(NC(=O)CCCCCCCCN(C)C)C(=O)O)C(=O)O. The maximum absolute atomic E-state index is 12.2. The summed E-state index contributed by atoms with van der Waals surface area (Å²) in [6, 6.07) is -2.08. The second-order valence-corrected chi connectivity index (χ2v) is 12.6. The molecule has 2 atom stereocenters. The van der Waals surface area contributed by atoms with Crippen LogP contribution in [0, 0.1) is 0 Å². The first-order valence-electron chi connectivity index (χ1n) is 14.1. The summed E-state index contributed by atoms with van der Waals surface area (Å²) in [7, 11) is 6.48. The summed E-state index contributed by atoms with van der Waals surface area (Å²) in [5.41, 5.74) is 0. The molecule has 0 spiro atoms. The van der Waals surface area contributed by atoms with Gasteiger partial charge in [-0.1, -0.05) is 92.7 Å². The maximum Gasteiger partial charge on any atom is 0.327 e. The Morgan fingerprint density at radius 2 is 1.00 bits per heavy atom. The van der Waals surface area contributed by atoms with Crippen LogP contribution in [0.5, 0.6) is 0 Å². The van der Waals surface area contributed by atoms with Crippen molar-refractivity contribution in [3.05, 3.63) is 0 Å². The smallest absolute Gasteiger partial charge is 0.327 e. The van der Waals surface area contributed by atoms with Crippen LogP contribution in [0.4, 0.5) is 0 Å². The Hall–Kier alpha value is -1.46. The summed E-state index contributed by atoms with van der Waals surface area (Å²) in [5.74, 6) is -2.58. The lowest BCUT2D eigenvalue weighted by Crippen LogP contribution is -2.43. The van der Waals surface area contributed by atoms with Gasteiger partial charge in [0, 0.05) is 24.3 Å². The minimum atomic E-state index is -1.12. The number of carboxylic acid groups (broad SMARTS) is 2. The van der Waals surface area contributed by atoms with Crippen LogP contribution in [-0.2, 0) is 19.2 Å². The molecule has 2 unspecified atom stereocenters. The highest BCUT2D eigenvalue weighted by Crippen LogP contribution is 2.23. The number of hydrogen-bond donors (Lipinski definition) is 4.